The number of hydrogen-bond donors (Lipinski definition) is 0. The summed E-state index contributed by atoms with van der Waals surface area (Å²) in [6.07, 6.45) is 0.272. The van der Waals surface area contributed by atoms with Crippen molar-refractivity contribution in [3.8, 4) is 17.2 Å². The van der Waals surface area contributed by atoms with Gasteiger partial charge in [0.25, 0.3) is 15.9 Å². The minimum Gasteiger partial charge on any atom is -0.497 e. The van der Waals surface area contributed by atoms with Crippen LogP contribution in [0.1, 0.15) is 30.4 Å². The molecule has 9 nitrogen and oxygen atoms in total. The van der Waals surface area contributed by atoms with Gasteiger partial charge in [-0.1, -0.05) is 42.5 Å². The highest BCUT2D eigenvalue weighted by Gasteiger charge is 2.31. The highest BCUT2D eigenvalue weighted by Crippen LogP contribution is 2.33. The van der Waals surface area contributed by atoms with E-state index in [4.69, 9.17) is 18.9 Å². The lowest BCUT2D eigenvalue weighted by Crippen LogP contribution is -2.40. The second-order valence-corrected chi connectivity index (χ2v) is 10.2. The fourth-order valence-electron chi connectivity index (χ4n) is 4.01. The Morgan fingerprint density at radius 3 is 2.03 bits per heavy atom. The first kappa shape index (κ1) is 28.5. The zero-order chi connectivity index (χ0) is 27.7. The van der Waals surface area contributed by atoms with Gasteiger partial charge in [-0.2, -0.15) is 0 Å². The number of rotatable bonds is 12. The third-order valence-electron chi connectivity index (χ3n) is 5.96. The normalized spacial score (nSPS) is 11.8. The summed E-state index contributed by atoms with van der Waals surface area (Å²) in [6, 6.07) is 21.1. The van der Waals surface area contributed by atoms with Gasteiger partial charge >= 0.3 is 5.97 Å². The molecule has 0 bridgehead atoms. The first-order chi connectivity index (χ1) is 18.2. The standard InChI is InChI=1S/C28H31NO8S/c1-20(30)37-19-28(31)29(38(32,33)24-14-15-26(35-3)27(18-24)36-4)17-16-25(21-8-6-5-7-9-21)22-10-12-23(34-2)13-11-22/h5-15,18,25H,16-17,19H2,1-4H3. The monoisotopic (exact) mass is 541 g/mol. The summed E-state index contributed by atoms with van der Waals surface area (Å²) < 4.78 is 48.7. The first-order valence-electron chi connectivity index (χ1n) is 11.8. The molecule has 0 radical (unpaired) electrons. The maximum Gasteiger partial charge on any atom is 0.303 e. The molecule has 3 aromatic carbocycles. The predicted molar refractivity (Wildman–Crippen MR) is 141 cm³/mol. The predicted octanol–water partition coefficient (Wildman–Crippen LogP) is 4.02. The van der Waals surface area contributed by atoms with E-state index in [1.807, 2.05) is 54.6 Å². The van der Waals surface area contributed by atoms with Crippen LogP contribution in [0.4, 0.5) is 0 Å². The van der Waals surface area contributed by atoms with Gasteiger partial charge in [0.05, 0.1) is 26.2 Å². The minimum absolute atomic E-state index is 0.160. The lowest BCUT2D eigenvalue weighted by Gasteiger charge is -2.26. The van der Waals surface area contributed by atoms with E-state index in [2.05, 4.69) is 0 Å². The Morgan fingerprint density at radius 2 is 1.45 bits per heavy atom. The number of ether oxygens (including phenoxy) is 4. The molecule has 3 aromatic rings. The minimum atomic E-state index is -4.34. The molecule has 202 valence electrons. The fraction of sp³-hybridized carbons (Fsp3) is 0.286. The molecule has 1 unspecified atom stereocenters. The van der Waals surface area contributed by atoms with Crippen molar-refractivity contribution in [2.75, 3.05) is 34.5 Å². The molecule has 0 saturated heterocycles. The van der Waals surface area contributed by atoms with E-state index in [0.717, 1.165) is 22.4 Å². The summed E-state index contributed by atoms with van der Waals surface area (Å²) >= 11 is 0. The zero-order valence-corrected chi connectivity index (χ0v) is 22.6. The Balaban J connectivity index is 1.99. The van der Waals surface area contributed by atoms with Crippen molar-refractivity contribution in [2.45, 2.75) is 24.2 Å². The third-order valence-corrected chi connectivity index (χ3v) is 7.78. The molecule has 0 aliphatic rings. The molecule has 0 N–H and O–H groups in total. The number of methoxy groups -OCH3 is 3. The SMILES string of the molecule is COc1ccc(C(CCN(C(=O)COC(C)=O)S(=O)(=O)c2ccc(OC)c(OC)c2)c2ccccc2)cc1. The topological polar surface area (TPSA) is 108 Å². The van der Waals surface area contributed by atoms with Crippen LogP contribution in [0.25, 0.3) is 0 Å². The van der Waals surface area contributed by atoms with Gasteiger partial charge in [0.2, 0.25) is 0 Å². The number of nitrogens with zero attached hydrogens (tertiary/aromatic N) is 1. The van der Waals surface area contributed by atoms with Crippen LogP contribution in [-0.2, 0) is 24.3 Å². The highest BCUT2D eigenvalue weighted by atomic mass is 32.2. The van der Waals surface area contributed by atoms with Crippen molar-refractivity contribution in [3.63, 3.8) is 0 Å². The van der Waals surface area contributed by atoms with Gasteiger partial charge in [0, 0.05) is 25.5 Å². The molecule has 0 aromatic heterocycles. The molecule has 10 heteroatoms. The first-order valence-corrected chi connectivity index (χ1v) is 13.2. The van der Waals surface area contributed by atoms with Crippen molar-refractivity contribution in [1.82, 2.24) is 4.31 Å². The number of carbonyl (C=O) groups excluding carboxylic acids is 2. The summed E-state index contributed by atoms with van der Waals surface area (Å²) in [5, 5.41) is 0. The Bertz CT molecular complexity index is 1340. The van der Waals surface area contributed by atoms with E-state index in [1.165, 1.54) is 32.4 Å². The lowest BCUT2D eigenvalue weighted by molar-refractivity contribution is -0.148. The molecule has 0 saturated carbocycles. The average Bonchev–Trinajstić information content (AvgIpc) is 2.94. The Labute approximate surface area is 222 Å². The number of amides is 1. The fourth-order valence-corrected chi connectivity index (χ4v) is 5.43. The highest BCUT2D eigenvalue weighted by molar-refractivity contribution is 7.89. The number of sulfonamides is 1. The maximum atomic E-state index is 13.7. The molecular weight excluding hydrogens is 510 g/mol. The third kappa shape index (κ3) is 6.83. The molecule has 0 spiro atoms. The van der Waals surface area contributed by atoms with E-state index >= 15 is 0 Å². The van der Waals surface area contributed by atoms with Gasteiger partial charge in [0.1, 0.15) is 5.75 Å². The van der Waals surface area contributed by atoms with Gasteiger partial charge in [-0.3, -0.25) is 9.59 Å². The molecule has 3 rings (SSSR count). The van der Waals surface area contributed by atoms with Gasteiger partial charge in [-0.15, -0.1) is 0 Å². The van der Waals surface area contributed by atoms with Gasteiger partial charge in [-0.25, -0.2) is 12.7 Å². The van der Waals surface area contributed by atoms with Crippen molar-refractivity contribution >= 4 is 21.9 Å². The van der Waals surface area contributed by atoms with Gasteiger partial charge in [0.15, 0.2) is 18.1 Å². The molecule has 0 fully saturated rings. The molecule has 1 amide bonds. The number of benzene rings is 3. The summed E-state index contributed by atoms with van der Waals surface area (Å²) in [5.41, 5.74) is 1.88. The van der Waals surface area contributed by atoms with Crippen LogP contribution < -0.4 is 14.2 Å². The number of hydrogen-bond acceptors (Lipinski definition) is 8. The van der Waals surface area contributed by atoms with E-state index in [0.29, 0.717) is 11.5 Å². The number of carbonyl (C=O) groups is 2. The lowest BCUT2D eigenvalue weighted by atomic mass is 9.88. The van der Waals surface area contributed by atoms with Crippen LogP contribution in [0.5, 0.6) is 17.2 Å². The second kappa shape index (κ2) is 13.0. The Morgan fingerprint density at radius 1 is 0.816 bits per heavy atom. The van der Waals surface area contributed by atoms with E-state index in [-0.39, 0.29) is 29.5 Å². The summed E-state index contributed by atoms with van der Waals surface area (Å²) in [6.45, 7) is 0.276. The quantitative estimate of drug-likeness (QED) is 0.317. The van der Waals surface area contributed by atoms with Crippen molar-refractivity contribution in [3.05, 3.63) is 83.9 Å². The maximum absolute atomic E-state index is 13.7. The van der Waals surface area contributed by atoms with E-state index in [1.54, 1.807) is 7.11 Å². The van der Waals surface area contributed by atoms with Gasteiger partial charge in [-0.05, 0) is 41.8 Å². The summed E-state index contributed by atoms with van der Waals surface area (Å²) in [7, 11) is 0.0596. The average molecular weight is 542 g/mol. The smallest absolute Gasteiger partial charge is 0.303 e. The Hall–Kier alpha value is -4.05. The number of esters is 1. The van der Waals surface area contributed by atoms with Crippen LogP contribution in [0, 0.1) is 0 Å². The van der Waals surface area contributed by atoms with E-state index < -0.39 is 28.5 Å². The van der Waals surface area contributed by atoms with Gasteiger partial charge < -0.3 is 18.9 Å². The van der Waals surface area contributed by atoms with Crippen LogP contribution in [0.2, 0.25) is 0 Å². The largest absolute Gasteiger partial charge is 0.497 e. The van der Waals surface area contributed by atoms with E-state index in [9.17, 15) is 18.0 Å². The molecule has 0 heterocycles. The second-order valence-electron chi connectivity index (χ2n) is 8.29. The molecule has 0 aliphatic carbocycles. The van der Waals surface area contributed by atoms with Crippen LogP contribution in [-0.4, -0.2) is 59.1 Å². The zero-order valence-electron chi connectivity index (χ0n) is 21.7. The molecule has 1 atom stereocenters. The summed E-state index contributed by atoms with van der Waals surface area (Å²) in [5.74, 6) is -0.561. The molecule has 38 heavy (non-hydrogen) atoms. The molecular formula is C28H31NO8S. The van der Waals surface area contributed by atoms with Crippen LogP contribution in [0.3, 0.4) is 0 Å². The van der Waals surface area contributed by atoms with Crippen LogP contribution >= 0.6 is 0 Å². The van der Waals surface area contributed by atoms with Crippen molar-refractivity contribution < 1.29 is 37.0 Å². The van der Waals surface area contributed by atoms with Crippen molar-refractivity contribution in [2.24, 2.45) is 0 Å². The summed E-state index contributed by atoms with van der Waals surface area (Å²) in [4.78, 5) is 24.3. The van der Waals surface area contributed by atoms with Crippen molar-refractivity contribution in [1.29, 1.82) is 0 Å². The molecule has 0 aliphatic heterocycles. The van der Waals surface area contributed by atoms with Crippen LogP contribution in [0.15, 0.2) is 77.7 Å². The Kier molecular flexibility index (Phi) is 9.72.